The van der Waals surface area contributed by atoms with Gasteiger partial charge in [0.1, 0.15) is 6.04 Å². The third-order valence-corrected chi connectivity index (χ3v) is 4.99. The number of carbonyl (C=O) groups excluding carboxylic acids is 2. The van der Waals surface area contributed by atoms with Crippen LogP contribution in [0.4, 0.5) is 8.78 Å². The third-order valence-electron chi connectivity index (χ3n) is 4.99. The summed E-state index contributed by atoms with van der Waals surface area (Å²) in [5, 5.41) is 5.84. The summed E-state index contributed by atoms with van der Waals surface area (Å²) >= 11 is 0. The minimum absolute atomic E-state index is 0.120. The van der Waals surface area contributed by atoms with E-state index in [-0.39, 0.29) is 24.0 Å². The number of alkyl halides is 2. The maximum absolute atomic E-state index is 13.9. The van der Waals surface area contributed by atoms with Gasteiger partial charge in [-0.15, -0.1) is 0 Å². The molecule has 138 valence electrons. The summed E-state index contributed by atoms with van der Waals surface area (Å²) in [7, 11) is 1.40. The molecular weight excluding hydrogens is 334 g/mol. The van der Waals surface area contributed by atoms with Gasteiger partial charge in [-0.1, -0.05) is 30.8 Å². The Labute approximate surface area is 144 Å². The fourth-order valence-electron chi connectivity index (χ4n) is 3.64. The zero-order valence-corrected chi connectivity index (χ0v) is 14.1. The molecule has 2 aliphatic rings. The monoisotopic (exact) mass is 356 g/mol. The van der Waals surface area contributed by atoms with E-state index in [9.17, 15) is 18.4 Å². The van der Waals surface area contributed by atoms with Crippen LogP contribution in [0.2, 0.25) is 0 Å². The Morgan fingerprint density at radius 1 is 1.36 bits per heavy atom. The van der Waals surface area contributed by atoms with Gasteiger partial charge in [-0.05, 0) is 12.3 Å². The summed E-state index contributed by atoms with van der Waals surface area (Å²) in [5.41, 5.74) is 0. The number of aromatic nitrogens is 2. The summed E-state index contributed by atoms with van der Waals surface area (Å²) in [6.45, 7) is -0.654. The van der Waals surface area contributed by atoms with Crippen LogP contribution in [0.3, 0.4) is 0 Å². The van der Waals surface area contributed by atoms with Crippen molar-refractivity contribution < 1.29 is 22.9 Å². The second-order valence-electron chi connectivity index (χ2n) is 6.82. The molecule has 1 saturated carbocycles. The molecule has 1 atom stereocenters. The average molecular weight is 356 g/mol. The molecule has 2 heterocycles. The summed E-state index contributed by atoms with van der Waals surface area (Å²) in [6, 6.07) is -0.989. The van der Waals surface area contributed by atoms with Gasteiger partial charge in [0.25, 0.3) is 17.7 Å². The van der Waals surface area contributed by atoms with Crippen LogP contribution in [-0.4, -0.2) is 46.4 Å². The van der Waals surface area contributed by atoms with Crippen molar-refractivity contribution in [2.45, 2.75) is 56.9 Å². The Hall–Kier alpha value is -2.06. The van der Waals surface area contributed by atoms with E-state index in [1.54, 1.807) is 0 Å². The lowest BCUT2D eigenvalue weighted by Gasteiger charge is -2.22. The molecule has 0 aromatic carbocycles. The van der Waals surface area contributed by atoms with Crippen molar-refractivity contribution in [3.63, 3.8) is 0 Å². The van der Waals surface area contributed by atoms with Crippen molar-refractivity contribution in [2.24, 2.45) is 5.92 Å². The predicted octanol–water partition coefficient (Wildman–Crippen LogP) is 2.31. The predicted molar refractivity (Wildman–Crippen MR) is 82.9 cm³/mol. The van der Waals surface area contributed by atoms with Crippen LogP contribution in [0.25, 0.3) is 0 Å². The van der Waals surface area contributed by atoms with Crippen molar-refractivity contribution in [3.05, 3.63) is 11.7 Å². The van der Waals surface area contributed by atoms with Gasteiger partial charge in [0.05, 0.1) is 6.54 Å². The highest BCUT2D eigenvalue weighted by Crippen LogP contribution is 2.41. The normalized spacial score (nSPS) is 23.2. The Balaban J connectivity index is 1.70. The standard InChI is InChI=1S/C16H22F2N4O3/c1-19-14(24)13-20-15(25-21-13)11-8-16(17,18)9-22(11)12(23)7-6-10-4-2-3-5-10/h10-11H,2-9H2,1H3,(H,19,24)/t11-/m0/s1. The molecule has 0 spiro atoms. The molecule has 1 aromatic rings. The lowest BCUT2D eigenvalue weighted by Crippen LogP contribution is -2.33. The number of hydrogen-bond donors (Lipinski definition) is 1. The van der Waals surface area contributed by atoms with Gasteiger partial charge < -0.3 is 14.7 Å². The molecule has 0 bridgehead atoms. The van der Waals surface area contributed by atoms with Gasteiger partial charge >= 0.3 is 0 Å². The smallest absolute Gasteiger partial charge is 0.292 e. The highest BCUT2D eigenvalue weighted by Gasteiger charge is 2.49. The second-order valence-corrected chi connectivity index (χ2v) is 6.82. The zero-order chi connectivity index (χ0) is 18.0. The van der Waals surface area contributed by atoms with E-state index in [0.29, 0.717) is 5.92 Å². The van der Waals surface area contributed by atoms with Crippen LogP contribution in [0, 0.1) is 5.92 Å². The number of carbonyl (C=O) groups is 2. The van der Waals surface area contributed by atoms with Crippen molar-refractivity contribution in [2.75, 3.05) is 13.6 Å². The Bertz CT molecular complexity index is 643. The van der Waals surface area contributed by atoms with Gasteiger partial charge in [-0.2, -0.15) is 4.98 Å². The van der Waals surface area contributed by atoms with Gasteiger partial charge in [-0.25, -0.2) is 8.78 Å². The summed E-state index contributed by atoms with van der Waals surface area (Å²) in [4.78, 5) is 29.0. The maximum Gasteiger partial charge on any atom is 0.292 e. The molecule has 2 amide bonds. The molecule has 0 radical (unpaired) electrons. The first-order valence-corrected chi connectivity index (χ1v) is 8.62. The van der Waals surface area contributed by atoms with Crippen LogP contribution in [0.5, 0.6) is 0 Å². The molecule has 1 aromatic heterocycles. The van der Waals surface area contributed by atoms with E-state index in [1.807, 2.05) is 0 Å². The summed E-state index contributed by atoms with van der Waals surface area (Å²) in [5.74, 6) is -3.74. The Kier molecular flexibility index (Phi) is 5.01. The van der Waals surface area contributed by atoms with Crippen molar-refractivity contribution >= 4 is 11.8 Å². The highest BCUT2D eigenvalue weighted by molar-refractivity contribution is 5.89. The Morgan fingerprint density at radius 2 is 2.08 bits per heavy atom. The number of nitrogens with zero attached hydrogens (tertiary/aromatic N) is 3. The first-order valence-electron chi connectivity index (χ1n) is 8.62. The second kappa shape index (κ2) is 7.05. The Morgan fingerprint density at radius 3 is 2.76 bits per heavy atom. The van der Waals surface area contributed by atoms with Gasteiger partial charge in [-0.3, -0.25) is 9.59 Å². The van der Waals surface area contributed by atoms with Crippen LogP contribution < -0.4 is 5.32 Å². The van der Waals surface area contributed by atoms with Crippen LogP contribution >= 0.6 is 0 Å². The number of nitrogens with one attached hydrogen (secondary N) is 1. The number of rotatable bonds is 5. The molecule has 1 N–H and O–H groups in total. The van der Waals surface area contributed by atoms with E-state index in [4.69, 9.17) is 4.52 Å². The fourth-order valence-corrected chi connectivity index (χ4v) is 3.64. The van der Waals surface area contributed by atoms with Gasteiger partial charge in [0.2, 0.25) is 11.8 Å². The first kappa shape index (κ1) is 17.8. The molecule has 0 unspecified atom stereocenters. The number of halogens is 2. The van der Waals surface area contributed by atoms with E-state index < -0.39 is 30.8 Å². The molecule has 1 aliphatic carbocycles. The molecule has 7 nitrogen and oxygen atoms in total. The maximum atomic E-state index is 13.9. The lowest BCUT2D eigenvalue weighted by atomic mass is 10.0. The minimum Gasteiger partial charge on any atom is -0.352 e. The fraction of sp³-hybridized carbons (Fsp3) is 0.750. The number of amides is 2. The molecule has 1 saturated heterocycles. The topological polar surface area (TPSA) is 88.3 Å². The summed E-state index contributed by atoms with van der Waals surface area (Å²) in [6.07, 6.45) is 4.95. The largest absolute Gasteiger partial charge is 0.352 e. The van der Waals surface area contributed by atoms with E-state index in [0.717, 1.165) is 24.2 Å². The van der Waals surface area contributed by atoms with E-state index in [1.165, 1.54) is 19.9 Å². The SMILES string of the molecule is CNC(=O)c1noc([C@@H]2CC(F)(F)CN2C(=O)CCC2CCCC2)n1. The quantitative estimate of drug-likeness (QED) is 0.875. The van der Waals surface area contributed by atoms with Crippen molar-refractivity contribution in [3.8, 4) is 0 Å². The number of likely N-dealkylation sites (tertiary alicyclic amines) is 1. The zero-order valence-electron chi connectivity index (χ0n) is 14.1. The lowest BCUT2D eigenvalue weighted by molar-refractivity contribution is -0.134. The molecule has 3 rings (SSSR count). The average Bonchev–Trinajstić information content (AvgIpc) is 3.30. The van der Waals surface area contributed by atoms with Gasteiger partial charge in [0.15, 0.2) is 0 Å². The molecule has 9 heteroatoms. The van der Waals surface area contributed by atoms with Crippen LogP contribution in [-0.2, 0) is 4.79 Å². The van der Waals surface area contributed by atoms with Crippen LogP contribution in [0.15, 0.2) is 4.52 Å². The van der Waals surface area contributed by atoms with E-state index in [2.05, 4.69) is 15.5 Å². The highest BCUT2D eigenvalue weighted by atomic mass is 19.3. The third kappa shape index (κ3) is 3.96. The van der Waals surface area contributed by atoms with Gasteiger partial charge in [0, 0.05) is 19.9 Å². The summed E-state index contributed by atoms with van der Waals surface area (Å²) < 4.78 is 32.8. The minimum atomic E-state index is -3.00. The number of hydrogen-bond acceptors (Lipinski definition) is 5. The molecule has 1 aliphatic heterocycles. The van der Waals surface area contributed by atoms with Crippen LogP contribution in [0.1, 0.15) is 67.5 Å². The molecular formula is C16H22F2N4O3. The van der Waals surface area contributed by atoms with Crippen molar-refractivity contribution in [1.82, 2.24) is 20.4 Å². The molecule has 25 heavy (non-hydrogen) atoms. The van der Waals surface area contributed by atoms with Crippen molar-refractivity contribution in [1.29, 1.82) is 0 Å². The first-order chi connectivity index (χ1) is 11.9. The molecule has 2 fully saturated rings. The van der Waals surface area contributed by atoms with E-state index >= 15 is 0 Å².